The molecule has 0 aromatic heterocycles. The van der Waals surface area contributed by atoms with E-state index in [1.807, 2.05) is 0 Å². The van der Waals surface area contributed by atoms with E-state index < -0.39 is 46.3 Å². The van der Waals surface area contributed by atoms with E-state index in [1.54, 1.807) is 48.5 Å². The van der Waals surface area contributed by atoms with Crippen LogP contribution >= 0.6 is 0 Å². The number of carboxylic acid groups (broad SMARTS) is 2. The van der Waals surface area contributed by atoms with Gasteiger partial charge in [-0.15, -0.1) is 0 Å². The predicted octanol–water partition coefficient (Wildman–Crippen LogP) is 6.31. The molecule has 1 radical (unpaired) electrons. The number of nitrogens with zero attached hydrogens (tertiary/aromatic N) is 2. The molecule has 6 aromatic rings. The fourth-order valence-electron chi connectivity index (χ4n) is 6.41. The first kappa shape index (κ1) is 38.3. The van der Waals surface area contributed by atoms with Crippen LogP contribution in [0.25, 0.3) is 0 Å². The Labute approximate surface area is 325 Å². The maximum atomic E-state index is 13.4. The van der Waals surface area contributed by atoms with E-state index in [4.69, 9.17) is 0 Å². The quantitative estimate of drug-likeness (QED) is 0.189. The van der Waals surface area contributed by atoms with Gasteiger partial charge in [-0.25, -0.2) is 27.5 Å². The van der Waals surface area contributed by atoms with Crippen molar-refractivity contribution < 1.29 is 57.5 Å². The number of rotatable bonds is 6. The van der Waals surface area contributed by atoms with E-state index in [0.717, 1.165) is 0 Å². The third kappa shape index (κ3) is 7.15. The molecule has 2 heterocycles. The molecule has 13 heteroatoms. The van der Waals surface area contributed by atoms with Gasteiger partial charge in [0.25, 0.3) is 0 Å². The molecule has 6 aromatic carbocycles. The summed E-state index contributed by atoms with van der Waals surface area (Å²) in [6.45, 7) is 0. The molecular formula is C42H26F4IrN4O4-2. The number of para-hydroxylation sites is 4. The van der Waals surface area contributed by atoms with Gasteiger partial charge in [0, 0.05) is 20.1 Å². The van der Waals surface area contributed by atoms with Crippen molar-refractivity contribution in [2.45, 2.75) is 11.1 Å². The van der Waals surface area contributed by atoms with Crippen LogP contribution in [0.1, 0.15) is 22.3 Å². The van der Waals surface area contributed by atoms with Crippen molar-refractivity contribution >= 4 is 46.1 Å². The summed E-state index contributed by atoms with van der Waals surface area (Å²) in [7, 11) is 0. The van der Waals surface area contributed by atoms with Gasteiger partial charge in [0.05, 0.1) is 46.1 Å². The zero-order chi connectivity index (χ0) is 38.0. The fourth-order valence-corrected chi connectivity index (χ4v) is 6.41. The SMILES string of the molecule is O=C([O-])C1(c2ccc(F)cc2)Nc2ccccc2N=C1c1ccc(F)cc1.O=C([O-])C1(c2ccc(F)cc2)Nc2ccccc2N=C1c1ccc(F)cc1.[Ir]. The first-order valence-electron chi connectivity index (χ1n) is 16.4. The molecule has 55 heavy (non-hydrogen) atoms. The van der Waals surface area contributed by atoms with Gasteiger partial charge >= 0.3 is 0 Å². The van der Waals surface area contributed by atoms with Crippen molar-refractivity contribution in [3.05, 3.63) is 191 Å². The van der Waals surface area contributed by atoms with Crippen molar-refractivity contribution in [2.75, 3.05) is 10.6 Å². The molecule has 2 aliphatic rings. The molecule has 2 N–H and O–H groups in total. The molecular weight excluding hydrogens is 893 g/mol. The predicted molar refractivity (Wildman–Crippen MR) is 191 cm³/mol. The molecule has 0 amide bonds. The first-order chi connectivity index (χ1) is 26.0. The molecule has 0 aliphatic carbocycles. The number of hydrogen-bond donors (Lipinski definition) is 2. The van der Waals surface area contributed by atoms with Crippen LogP contribution in [0.4, 0.5) is 40.3 Å². The fraction of sp³-hybridized carbons (Fsp3) is 0.0476. The number of carbonyl (C=O) groups is 2. The van der Waals surface area contributed by atoms with Crippen LogP contribution in [-0.2, 0) is 40.8 Å². The first-order valence-corrected chi connectivity index (χ1v) is 16.4. The summed E-state index contributed by atoms with van der Waals surface area (Å²) in [6, 6.07) is 34.7. The number of carboxylic acids is 2. The van der Waals surface area contributed by atoms with Gasteiger partial charge in [-0.2, -0.15) is 0 Å². The maximum Gasteiger partial charge on any atom is 0.146 e. The van der Waals surface area contributed by atoms with Gasteiger partial charge in [0.1, 0.15) is 34.3 Å². The Morgan fingerprint density at radius 3 is 1.05 bits per heavy atom. The Kier molecular flexibility index (Phi) is 10.8. The van der Waals surface area contributed by atoms with Crippen LogP contribution in [0.15, 0.2) is 156 Å². The largest absolute Gasteiger partial charge is 0.547 e. The van der Waals surface area contributed by atoms with Gasteiger partial charge in [-0.05, 0) is 95.1 Å². The zero-order valence-corrected chi connectivity index (χ0v) is 30.6. The number of hydrogen-bond acceptors (Lipinski definition) is 8. The van der Waals surface area contributed by atoms with Gasteiger partial charge in [-0.1, -0.05) is 72.8 Å². The van der Waals surface area contributed by atoms with Crippen molar-refractivity contribution in [1.29, 1.82) is 0 Å². The van der Waals surface area contributed by atoms with Crippen LogP contribution in [0.5, 0.6) is 0 Å². The molecule has 0 bridgehead atoms. The molecule has 277 valence electrons. The molecule has 2 atom stereocenters. The Balaban J connectivity index is 0.000000184. The van der Waals surface area contributed by atoms with E-state index in [1.165, 1.54) is 97.1 Å². The summed E-state index contributed by atoms with van der Waals surface area (Å²) in [5, 5.41) is 30.8. The van der Waals surface area contributed by atoms with Crippen LogP contribution in [-0.4, -0.2) is 23.4 Å². The molecule has 8 rings (SSSR count). The topological polar surface area (TPSA) is 129 Å². The number of carbonyl (C=O) groups excluding carboxylic acids is 2. The number of fused-ring (bicyclic) bond motifs is 2. The third-order valence-corrected chi connectivity index (χ3v) is 9.03. The minimum absolute atomic E-state index is 0. The van der Waals surface area contributed by atoms with Crippen LogP contribution in [0, 0.1) is 23.3 Å². The van der Waals surface area contributed by atoms with Gasteiger partial charge in [0.15, 0.2) is 0 Å². The summed E-state index contributed by atoms with van der Waals surface area (Å²) in [5.74, 6) is -4.81. The standard InChI is InChI=1S/2C21H14F2N2O2.Ir/c2*22-15-9-5-13(6-10-15)19-21(20(26)27,14-7-11-16(23)12-8-14)25-18-4-2-1-3-17(18)24-19;/h2*1-12,25H,(H,26,27);/p-2. The molecule has 0 saturated carbocycles. The normalized spacial score (nSPS) is 17.9. The second-order valence-corrected chi connectivity index (χ2v) is 12.3. The van der Waals surface area contributed by atoms with Crippen molar-refractivity contribution in [3.63, 3.8) is 0 Å². The maximum absolute atomic E-state index is 13.4. The second-order valence-electron chi connectivity index (χ2n) is 12.3. The monoisotopic (exact) mass is 919 g/mol. The second kappa shape index (κ2) is 15.5. The Morgan fingerprint density at radius 2 is 0.745 bits per heavy atom. The summed E-state index contributed by atoms with van der Waals surface area (Å²) in [5.41, 5.74) is -0.0671. The Morgan fingerprint density at radius 1 is 0.455 bits per heavy atom. The molecule has 0 fully saturated rings. The number of aliphatic imine (C=N–C) groups is 2. The van der Waals surface area contributed by atoms with Gasteiger partial charge < -0.3 is 30.4 Å². The Bertz CT molecular complexity index is 2270. The molecule has 0 saturated heterocycles. The molecule has 8 nitrogen and oxygen atoms in total. The molecule has 0 spiro atoms. The van der Waals surface area contributed by atoms with Crippen molar-refractivity contribution in [3.8, 4) is 0 Å². The zero-order valence-electron chi connectivity index (χ0n) is 28.2. The van der Waals surface area contributed by atoms with E-state index in [-0.39, 0.29) is 42.7 Å². The molecule has 2 unspecified atom stereocenters. The summed E-state index contributed by atoms with van der Waals surface area (Å²) in [4.78, 5) is 33.9. The van der Waals surface area contributed by atoms with Crippen LogP contribution in [0.3, 0.4) is 0 Å². The smallest absolute Gasteiger partial charge is 0.146 e. The number of benzene rings is 6. The van der Waals surface area contributed by atoms with E-state index in [2.05, 4.69) is 20.6 Å². The van der Waals surface area contributed by atoms with E-state index >= 15 is 0 Å². The van der Waals surface area contributed by atoms with Gasteiger partial charge in [0.2, 0.25) is 0 Å². The Hall–Kier alpha value is -6.43. The summed E-state index contributed by atoms with van der Waals surface area (Å²) in [6.07, 6.45) is 0. The average molecular weight is 919 g/mol. The van der Waals surface area contributed by atoms with Gasteiger partial charge in [-0.3, -0.25) is 0 Å². The summed E-state index contributed by atoms with van der Waals surface area (Å²) < 4.78 is 53.6. The van der Waals surface area contributed by atoms with Crippen molar-refractivity contribution in [1.82, 2.24) is 0 Å². The summed E-state index contributed by atoms with van der Waals surface area (Å²) >= 11 is 0. The minimum Gasteiger partial charge on any atom is -0.547 e. The van der Waals surface area contributed by atoms with Crippen molar-refractivity contribution in [2.24, 2.45) is 9.98 Å². The molecule has 2 aliphatic heterocycles. The van der Waals surface area contributed by atoms with Crippen LogP contribution < -0.4 is 20.8 Å². The number of aliphatic carboxylic acids is 2. The average Bonchev–Trinajstić information content (AvgIpc) is 3.18. The minimum atomic E-state index is -1.86. The number of anilines is 2. The van der Waals surface area contributed by atoms with Crippen LogP contribution in [0.2, 0.25) is 0 Å². The number of nitrogens with one attached hydrogen (secondary N) is 2. The van der Waals surface area contributed by atoms with E-state index in [0.29, 0.717) is 33.9 Å². The number of halogens is 4. The third-order valence-electron chi connectivity index (χ3n) is 9.03. The van der Waals surface area contributed by atoms with E-state index in [9.17, 15) is 37.4 Å².